The van der Waals surface area contributed by atoms with Gasteiger partial charge in [0.2, 0.25) is 0 Å². The second kappa shape index (κ2) is 6.79. The van der Waals surface area contributed by atoms with Gasteiger partial charge in [0.25, 0.3) is 0 Å². The highest BCUT2D eigenvalue weighted by Gasteiger charge is 2.06. The molecule has 0 spiro atoms. The van der Waals surface area contributed by atoms with Crippen molar-refractivity contribution < 1.29 is 9.53 Å². The van der Waals surface area contributed by atoms with Crippen LogP contribution in [0.1, 0.15) is 10.4 Å². The lowest BCUT2D eigenvalue weighted by atomic mass is 10.0. The molecule has 0 aliphatic carbocycles. The molecule has 3 aromatic rings. The van der Waals surface area contributed by atoms with Gasteiger partial charge in [-0.15, -0.1) is 0 Å². The van der Waals surface area contributed by atoms with E-state index in [1.54, 1.807) is 7.11 Å². The van der Waals surface area contributed by atoms with Gasteiger partial charge in [-0.25, -0.2) is 0 Å². The van der Waals surface area contributed by atoms with Crippen LogP contribution < -0.4 is 10.1 Å². The van der Waals surface area contributed by atoms with Gasteiger partial charge >= 0.3 is 0 Å². The summed E-state index contributed by atoms with van der Waals surface area (Å²) in [5, 5.41) is 3.30. The van der Waals surface area contributed by atoms with Gasteiger partial charge in [-0.05, 0) is 47.5 Å². The molecule has 23 heavy (non-hydrogen) atoms. The zero-order valence-corrected chi connectivity index (χ0v) is 12.8. The summed E-state index contributed by atoms with van der Waals surface area (Å²) >= 11 is 0. The lowest BCUT2D eigenvalue weighted by Gasteiger charge is -2.11. The van der Waals surface area contributed by atoms with Crippen LogP contribution in [0.2, 0.25) is 0 Å². The molecule has 0 aliphatic rings. The summed E-state index contributed by atoms with van der Waals surface area (Å²) in [5.74, 6) is 0.820. The van der Waals surface area contributed by atoms with Crippen LogP contribution in [0.5, 0.6) is 5.75 Å². The largest absolute Gasteiger partial charge is 0.497 e. The zero-order chi connectivity index (χ0) is 16.1. The van der Waals surface area contributed by atoms with E-state index in [9.17, 15) is 4.79 Å². The molecule has 0 fully saturated rings. The minimum absolute atomic E-state index is 0.631. The smallest absolute Gasteiger partial charge is 0.152 e. The minimum atomic E-state index is 0.631. The number of hydrogen-bond donors (Lipinski definition) is 1. The Labute approximate surface area is 135 Å². The summed E-state index contributed by atoms with van der Waals surface area (Å²) in [4.78, 5) is 11.3. The molecule has 0 atom stereocenters. The predicted octanol–water partition coefficient (Wildman–Crippen LogP) is 4.92. The molecule has 3 nitrogen and oxygen atoms in total. The molecule has 0 unspecified atom stereocenters. The fraction of sp³-hybridized carbons (Fsp3) is 0.0500. The van der Waals surface area contributed by atoms with Gasteiger partial charge in [0, 0.05) is 16.9 Å². The minimum Gasteiger partial charge on any atom is -0.497 e. The van der Waals surface area contributed by atoms with Gasteiger partial charge < -0.3 is 10.1 Å². The van der Waals surface area contributed by atoms with E-state index in [1.807, 2.05) is 72.8 Å². The third kappa shape index (κ3) is 3.40. The first-order chi connectivity index (χ1) is 11.3. The Morgan fingerprint density at radius 2 is 1.57 bits per heavy atom. The quantitative estimate of drug-likeness (QED) is 0.680. The summed E-state index contributed by atoms with van der Waals surface area (Å²) in [5.41, 5.74) is 4.48. The van der Waals surface area contributed by atoms with E-state index in [0.29, 0.717) is 5.56 Å². The van der Waals surface area contributed by atoms with E-state index in [2.05, 4.69) is 5.32 Å². The van der Waals surface area contributed by atoms with Crippen LogP contribution >= 0.6 is 0 Å². The molecule has 3 rings (SSSR count). The molecule has 0 bridgehead atoms. The monoisotopic (exact) mass is 303 g/mol. The van der Waals surface area contributed by atoms with Crippen LogP contribution in [0.4, 0.5) is 11.4 Å². The maximum atomic E-state index is 11.3. The van der Waals surface area contributed by atoms with Gasteiger partial charge in [0.15, 0.2) is 6.29 Å². The highest BCUT2D eigenvalue weighted by Crippen LogP contribution is 2.28. The fourth-order valence-electron chi connectivity index (χ4n) is 2.41. The molecule has 3 aromatic carbocycles. The van der Waals surface area contributed by atoms with Crippen molar-refractivity contribution in [3.05, 3.63) is 78.4 Å². The van der Waals surface area contributed by atoms with Gasteiger partial charge in [-0.3, -0.25) is 4.79 Å². The van der Waals surface area contributed by atoms with Gasteiger partial charge in [0.1, 0.15) is 5.75 Å². The molecule has 0 heterocycles. The Hall–Kier alpha value is -3.07. The van der Waals surface area contributed by atoms with Crippen LogP contribution in [0.15, 0.2) is 72.8 Å². The maximum Gasteiger partial charge on any atom is 0.152 e. The molecular formula is C20H17NO2. The maximum absolute atomic E-state index is 11.3. The normalized spacial score (nSPS) is 10.1. The van der Waals surface area contributed by atoms with Crippen molar-refractivity contribution in [2.24, 2.45) is 0 Å². The van der Waals surface area contributed by atoms with E-state index in [-0.39, 0.29) is 0 Å². The third-order valence-corrected chi connectivity index (χ3v) is 3.66. The number of methoxy groups -OCH3 is 1. The number of carbonyl (C=O) groups excluding carboxylic acids is 1. The van der Waals surface area contributed by atoms with E-state index >= 15 is 0 Å². The third-order valence-electron chi connectivity index (χ3n) is 3.66. The van der Waals surface area contributed by atoms with Gasteiger partial charge in [-0.1, -0.05) is 36.4 Å². The van der Waals surface area contributed by atoms with Crippen molar-refractivity contribution in [2.75, 3.05) is 12.4 Å². The molecular weight excluding hydrogens is 286 g/mol. The lowest BCUT2D eigenvalue weighted by Crippen LogP contribution is -1.95. The van der Waals surface area contributed by atoms with E-state index < -0.39 is 0 Å². The highest BCUT2D eigenvalue weighted by molar-refractivity contribution is 5.88. The van der Waals surface area contributed by atoms with Crippen molar-refractivity contribution in [2.45, 2.75) is 0 Å². The lowest BCUT2D eigenvalue weighted by molar-refractivity contribution is 0.112. The molecule has 0 saturated carbocycles. The van der Waals surface area contributed by atoms with Crippen molar-refractivity contribution >= 4 is 17.7 Å². The SMILES string of the molecule is COc1ccc(-c2ccc(C=O)c(Nc3ccccc3)c2)cc1. The summed E-state index contributed by atoms with van der Waals surface area (Å²) in [6.45, 7) is 0. The van der Waals surface area contributed by atoms with Crippen LogP contribution in [0.3, 0.4) is 0 Å². The van der Waals surface area contributed by atoms with Crippen molar-refractivity contribution in [3.63, 3.8) is 0 Å². The first-order valence-electron chi connectivity index (χ1n) is 7.36. The topological polar surface area (TPSA) is 38.3 Å². The molecule has 0 saturated heterocycles. The van der Waals surface area contributed by atoms with Gasteiger partial charge in [0.05, 0.1) is 7.11 Å². The average molecular weight is 303 g/mol. The Bertz CT molecular complexity index is 796. The summed E-state index contributed by atoms with van der Waals surface area (Å²) in [6, 6.07) is 23.4. The van der Waals surface area contributed by atoms with Crippen molar-refractivity contribution in [1.29, 1.82) is 0 Å². The van der Waals surface area contributed by atoms with E-state index in [1.165, 1.54) is 0 Å². The number of ether oxygens (including phenoxy) is 1. The number of anilines is 2. The summed E-state index contributed by atoms with van der Waals surface area (Å²) < 4.78 is 5.19. The van der Waals surface area contributed by atoms with Crippen LogP contribution in [0, 0.1) is 0 Å². The number of para-hydroxylation sites is 1. The standard InChI is InChI=1S/C20H17NO2/c1-23-19-11-9-15(10-12-19)16-7-8-17(14-22)20(13-16)21-18-5-3-2-4-6-18/h2-14,21H,1H3. The van der Waals surface area contributed by atoms with E-state index in [0.717, 1.165) is 34.5 Å². The number of carbonyl (C=O) groups is 1. The van der Waals surface area contributed by atoms with Crippen molar-refractivity contribution in [3.8, 4) is 16.9 Å². The Morgan fingerprint density at radius 3 is 2.22 bits per heavy atom. The van der Waals surface area contributed by atoms with Crippen molar-refractivity contribution in [1.82, 2.24) is 0 Å². The molecule has 3 heteroatoms. The Balaban J connectivity index is 1.96. The average Bonchev–Trinajstić information content (AvgIpc) is 2.62. The number of nitrogens with one attached hydrogen (secondary N) is 1. The second-order valence-corrected chi connectivity index (χ2v) is 5.14. The fourth-order valence-corrected chi connectivity index (χ4v) is 2.41. The zero-order valence-electron chi connectivity index (χ0n) is 12.8. The first kappa shape index (κ1) is 14.9. The molecule has 1 N–H and O–H groups in total. The summed E-state index contributed by atoms with van der Waals surface area (Å²) in [6.07, 6.45) is 0.864. The van der Waals surface area contributed by atoms with Crippen LogP contribution in [0.25, 0.3) is 11.1 Å². The molecule has 0 aliphatic heterocycles. The Kier molecular flexibility index (Phi) is 4.39. The highest BCUT2D eigenvalue weighted by atomic mass is 16.5. The van der Waals surface area contributed by atoms with E-state index in [4.69, 9.17) is 4.74 Å². The number of benzene rings is 3. The number of aldehydes is 1. The first-order valence-corrected chi connectivity index (χ1v) is 7.36. The number of hydrogen-bond acceptors (Lipinski definition) is 3. The molecule has 0 radical (unpaired) electrons. The van der Waals surface area contributed by atoms with Crippen LogP contribution in [-0.2, 0) is 0 Å². The second-order valence-electron chi connectivity index (χ2n) is 5.14. The number of rotatable bonds is 5. The summed E-state index contributed by atoms with van der Waals surface area (Å²) in [7, 11) is 1.65. The molecule has 0 aromatic heterocycles. The molecule has 114 valence electrons. The molecule has 0 amide bonds. The van der Waals surface area contributed by atoms with Gasteiger partial charge in [-0.2, -0.15) is 0 Å². The predicted molar refractivity (Wildman–Crippen MR) is 93.5 cm³/mol. The Morgan fingerprint density at radius 1 is 0.870 bits per heavy atom. The van der Waals surface area contributed by atoms with Crippen LogP contribution in [-0.4, -0.2) is 13.4 Å².